The van der Waals surface area contributed by atoms with Gasteiger partial charge < -0.3 is 19.5 Å². The first-order valence-corrected chi connectivity index (χ1v) is 7.89. The van der Waals surface area contributed by atoms with Crippen LogP contribution in [0, 0.1) is 0 Å². The molecule has 1 N–H and O–H groups in total. The van der Waals surface area contributed by atoms with Gasteiger partial charge in [-0.25, -0.2) is 0 Å². The van der Waals surface area contributed by atoms with E-state index in [0.717, 1.165) is 5.56 Å². The van der Waals surface area contributed by atoms with Crippen molar-refractivity contribution >= 4 is 23.5 Å². The highest BCUT2D eigenvalue weighted by Crippen LogP contribution is 2.28. The zero-order valence-corrected chi connectivity index (χ0v) is 13.7. The Morgan fingerprint density at radius 3 is 2.91 bits per heavy atom. The summed E-state index contributed by atoms with van der Waals surface area (Å²) in [7, 11) is 0. The van der Waals surface area contributed by atoms with E-state index in [-0.39, 0.29) is 25.7 Å². The van der Waals surface area contributed by atoms with Gasteiger partial charge in [0.15, 0.2) is 0 Å². The maximum Gasteiger partial charge on any atom is 0.308 e. The number of hydrogen-bond donors (Lipinski definition) is 1. The van der Waals surface area contributed by atoms with Crippen molar-refractivity contribution in [2.75, 3.05) is 26.3 Å². The summed E-state index contributed by atoms with van der Waals surface area (Å²) in [5, 5.41) is 10.5. The summed E-state index contributed by atoms with van der Waals surface area (Å²) in [6.45, 7) is 2.87. The Morgan fingerprint density at radius 2 is 2.22 bits per heavy atom. The van der Waals surface area contributed by atoms with Gasteiger partial charge in [0.2, 0.25) is 0 Å². The van der Waals surface area contributed by atoms with E-state index >= 15 is 0 Å². The molecule has 2 rings (SSSR count). The Bertz CT molecular complexity index is 565. The maximum absolute atomic E-state index is 12.3. The summed E-state index contributed by atoms with van der Waals surface area (Å²) in [6.07, 6.45) is -2.10. The molecule has 0 bridgehead atoms. The van der Waals surface area contributed by atoms with Crippen LogP contribution in [0.3, 0.4) is 0 Å². The molecular weight excluding hydrogens is 322 g/mol. The van der Waals surface area contributed by atoms with E-state index < -0.39 is 18.0 Å². The molecule has 0 aliphatic carbocycles. The number of nitrogens with zero attached hydrogens (tertiary/aromatic N) is 1. The highest BCUT2D eigenvalue weighted by atomic mass is 35.5. The molecule has 0 saturated carbocycles. The van der Waals surface area contributed by atoms with E-state index in [1.54, 1.807) is 13.0 Å². The fourth-order valence-electron chi connectivity index (χ4n) is 2.45. The maximum atomic E-state index is 12.3. The smallest absolute Gasteiger partial charge is 0.308 e. The van der Waals surface area contributed by atoms with Crippen LogP contribution in [0.15, 0.2) is 24.3 Å². The van der Waals surface area contributed by atoms with Crippen molar-refractivity contribution < 1.29 is 24.2 Å². The number of ether oxygens (including phenoxy) is 2. The van der Waals surface area contributed by atoms with Crippen molar-refractivity contribution in [3.63, 3.8) is 0 Å². The molecule has 1 heterocycles. The van der Waals surface area contributed by atoms with E-state index in [9.17, 15) is 14.7 Å². The number of halogens is 1. The number of aliphatic hydroxyl groups excluding tert-OH is 1. The molecule has 1 aromatic rings. The molecule has 1 aliphatic heterocycles. The van der Waals surface area contributed by atoms with Gasteiger partial charge >= 0.3 is 5.97 Å². The molecule has 126 valence electrons. The zero-order chi connectivity index (χ0) is 16.8. The van der Waals surface area contributed by atoms with Crippen LogP contribution in [-0.4, -0.2) is 54.3 Å². The largest absolute Gasteiger partial charge is 0.466 e. The number of hydrogen-bond acceptors (Lipinski definition) is 5. The van der Waals surface area contributed by atoms with Crippen LogP contribution in [0.2, 0.25) is 5.02 Å². The van der Waals surface area contributed by atoms with Crippen LogP contribution in [0.4, 0.5) is 0 Å². The number of amides is 1. The van der Waals surface area contributed by atoms with Gasteiger partial charge in [-0.2, -0.15) is 0 Å². The lowest BCUT2D eigenvalue weighted by atomic mass is 10.1. The molecule has 1 aliphatic rings. The van der Waals surface area contributed by atoms with Crippen LogP contribution in [0.1, 0.15) is 25.0 Å². The molecule has 0 radical (unpaired) electrons. The second-order valence-corrected chi connectivity index (χ2v) is 5.60. The number of esters is 1. The fourth-order valence-corrected chi connectivity index (χ4v) is 2.71. The van der Waals surface area contributed by atoms with Crippen LogP contribution in [0.25, 0.3) is 0 Å². The zero-order valence-electron chi connectivity index (χ0n) is 12.9. The molecule has 1 fully saturated rings. The topological polar surface area (TPSA) is 76.1 Å². The van der Waals surface area contributed by atoms with Gasteiger partial charge in [0.25, 0.3) is 5.91 Å². The second-order valence-electron chi connectivity index (χ2n) is 5.19. The van der Waals surface area contributed by atoms with Crippen molar-refractivity contribution in [2.45, 2.75) is 25.6 Å². The normalized spacial score (nSPS) is 19.3. The third-order valence-corrected chi connectivity index (χ3v) is 3.92. The van der Waals surface area contributed by atoms with Gasteiger partial charge in [-0.1, -0.05) is 29.8 Å². The Kier molecular flexibility index (Phi) is 6.38. The lowest BCUT2D eigenvalue weighted by Gasteiger charge is -2.34. The SMILES string of the molecule is CCOC(=O)C[C@H](O)C(=O)N1CCO[C@@H](c2ccccc2Cl)C1. The summed E-state index contributed by atoms with van der Waals surface area (Å²) in [5.41, 5.74) is 0.798. The minimum atomic E-state index is -1.40. The summed E-state index contributed by atoms with van der Waals surface area (Å²) in [5.74, 6) is -1.09. The standard InChI is InChI=1S/C16H20ClNO5/c1-2-22-15(20)9-13(19)16(21)18-7-8-23-14(10-18)11-5-3-4-6-12(11)17/h3-6,13-14,19H,2,7-10H2,1H3/t13-,14+/m0/s1. The highest BCUT2D eigenvalue weighted by Gasteiger charge is 2.31. The van der Waals surface area contributed by atoms with Gasteiger partial charge in [-0.3, -0.25) is 9.59 Å². The van der Waals surface area contributed by atoms with Crippen molar-refractivity contribution in [3.05, 3.63) is 34.9 Å². The van der Waals surface area contributed by atoms with Crippen molar-refractivity contribution in [1.29, 1.82) is 0 Å². The molecule has 7 heteroatoms. The van der Waals surface area contributed by atoms with Crippen molar-refractivity contribution in [2.24, 2.45) is 0 Å². The first kappa shape index (κ1) is 17.7. The minimum absolute atomic E-state index is 0.214. The summed E-state index contributed by atoms with van der Waals surface area (Å²) in [4.78, 5) is 25.1. The third-order valence-electron chi connectivity index (χ3n) is 3.58. The third kappa shape index (κ3) is 4.67. The van der Waals surface area contributed by atoms with Crippen LogP contribution in [0.5, 0.6) is 0 Å². The van der Waals surface area contributed by atoms with Gasteiger partial charge in [-0.15, -0.1) is 0 Å². The summed E-state index contributed by atoms with van der Waals surface area (Å²) < 4.78 is 10.4. The highest BCUT2D eigenvalue weighted by molar-refractivity contribution is 6.31. The van der Waals surface area contributed by atoms with E-state index in [1.807, 2.05) is 18.2 Å². The molecule has 0 unspecified atom stereocenters. The Morgan fingerprint density at radius 1 is 1.48 bits per heavy atom. The number of carbonyl (C=O) groups excluding carboxylic acids is 2. The molecule has 2 atom stereocenters. The molecule has 23 heavy (non-hydrogen) atoms. The Balaban J connectivity index is 1.99. The predicted octanol–water partition coefficient (Wildman–Crippen LogP) is 1.55. The average molecular weight is 342 g/mol. The number of morpholine rings is 1. The molecule has 1 saturated heterocycles. The quantitative estimate of drug-likeness (QED) is 0.822. The Labute approximate surface area is 139 Å². The van der Waals surface area contributed by atoms with E-state index in [2.05, 4.69) is 0 Å². The van der Waals surface area contributed by atoms with Crippen LogP contribution >= 0.6 is 11.6 Å². The predicted molar refractivity (Wildman–Crippen MR) is 84.0 cm³/mol. The Hall–Kier alpha value is -1.63. The molecule has 0 spiro atoms. The van der Waals surface area contributed by atoms with Crippen molar-refractivity contribution in [3.8, 4) is 0 Å². The minimum Gasteiger partial charge on any atom is -0.466 e. The monoisotopic (exact) mass is 341 g/mol. The number of aliphatic hydroxyl groups is 1. The lowest BCUT2D eigenvalue weighted by molar-refractivity contribution is -0.155. The lowest BCUT2D eigenvalue weighted by Crippen LogP contribution is -2.47. The fraction of sp³-hybridized carbons (Fsp3) is 0.500. The first-order chi connectivity index (χ1) is 11.0. The number of benzene rings is 1. The van der Waals surface area contributed by atoms with E-state index in [0.29, 0.717) is 18.2 Å². The first-order valence-electron chi connectivity index (χ1n) is 7.51. The summed E-state index contributed by atoms with van der Waals surface area (Å²) >= 11 is 6.16. The number of rotatable bonds is 5. The molecule has 0 aromatic heterocycles. The van der Waals surface area contributed by atoms with Gasteiger partial charge in [0.1, 0.15) is 12.2 Å². The molecule has 1 aromatic carbocycles. The average Bonchev–Trinajstić information content (AvgIpc) is 2.55. The van der Waals surface area contributed by atoms with Crippen molar-refractivity contribution in [1.82, 2.24) is 4.90 Å². The van der Waals surface area contributed by atoms with Crippen LogP contribution < -0.4 is 0 Å². The molecule has 1 amide bonds. The van der Waals surface area contributed by atoms with Gasteiger partial charge in [0, 0.05) is 17.1 Å². The summed E-state index contributed by atoms with van der Waals surface area (Å²) in [6, 6.07) is 7.27. The molecular formula is C16H20ClNO5. The molecule has 6 nitrogen and oxygen atoms in total. The van der Waals surface area contributed by atoms with E-state index in [4.69, 9.17) is 21.1 Å². The second kappa shape index (κ2) is 8.29. The number of carbonyl (C=O) groups is 2. The van der Waals surface area contributed by atoms with E-state index in [1.165, 1.54) is 4.90 Å². The van der Waals surface area contributed by atoms with Gasteiger partial charge in [0.05, 0.1) is 26.2 Å². The van der Waals surface area contributed by atoms with Crippen LogP contribution in [-0.2, 0) is 19.1 Å². The van der Waals surface area contributed by atoms with Gasteiger partial charge in [-0.05, 0) is 13.0 Å².